The van der Waals surface area contributed by atoms with E-state index in [0.29, 0.717) is 18.4 Å². The summed E-state index contributed by atoms with van der Waals surface area (Å²) in [6.07, 6.45) is 0.990. The second-order valence-electron chi connectivity index (χ2n) is 11.0. The summed E-state index contributed by atoms with van der Waals surface area (Å²) in [5, 5.41) is 6.85. The van der Waals surface area contributed by atoms with Crippen molar-refractivity contribution in [1.82, 2.24) is 15.4 Å². The first kappa shape index (κ1) is 34.1. The summed E-state index contributed by atoms with van der Waals surface area (Å²) >= 11 is 0. The van der Waals surface area contributed by atoms with E-state index in [-0.39, 0.29) is 30.7 Å². The van der Waals surface area contributed by atoms with Gasteiger partial charge >= 0.3 is 5.97 Å². The van der Waals surface area contributed by atoms with Gasteiger partial charge in [-0.2, -0.15) is 0 Å². The molecule has 10 nitrogen and oxygen atoms in total. The second-order valence-corrected chi connectivity index (χ2v) is 12.8. The Morgan fingerprint density at radius 1 is 0.761 bits per heavy atom. The molecule has 11 heteroatoms. The van der Waals surface area contributed by atoms with E-state index in [1.165, 1.54) is 0 Å². The van der Waals surface area contributed by atoms with Crippen LogP contribution in [0.1, 0.15) is 24.0 Å². The molecule has 0 aromatic heterocycles. The summed E-state index contributed by atoms with van der Waals surface area (Å²) in [6.45, 7) is -0.0524. The Hall–Kier alpha value is -4.74. The molecule has 0 saturated carbocycles. The quantitative estimate of drug-likeness (QED) is 0.125. The first-order valence-corrected chi connectivity index (χ1v) is 16.6. The fourth-order valence-electron chi connectivity index (χ4n) is 5.01. The fourth-order valence-corrected chi connectivity index (χ4v) is 6.30. The molecule has 3 N–H and O–H groups in total. The highest BCUT2D eigenvalue weighted by atomic mass is 32.2. The molecule has 0 spiro atoms. The normalized spacial score (nSPS) is 11.9. The minimum absolute atomic E-state index is 0.0243. The standard InChI is InChI=1S/C35H40N4O6S/c1-39(2)31-18-9-17-29-28(31)16-10-19-32(29)46(43,44)37-22-11-20-33(40)38-30(24-27-14-7-4-8-15-27)35(42)45-25-34(41)36-23-21-26-12-5-3-6-13-26/h3-10,12-19,30,37H,11,20-25H2,1-2H3,(H,36,41)(H,38,40)/t30-/m1/s1. The number of sulfonamides is 1. The molecule has 1 atom stereocenters. The van der Waals surface area contributed by atoms with Crippen molar-refractivity contribution < 1.29 is 27.5 Å². The summed E-state index contributed by atoms with van der Waals surface area (Å²) in [7, 11) is -0.0605. The lowest BCUT2D eigenvalue weighted by atomic mass is 10.1. The number of ether oxygens (including phenoxy) is 1. The molecule has 0 bridgehead atoms. The predicted octanol–water partition coefficient (Wildman–Crippen LogP) is 3.59. The third-order valence-corrected chi connectivity index (χ3v) is 8.85. The number of anilines is 1. The third kappa shape index (κ3) is 9.88. The highest BCUT2D eigenvalue weighted by Gasteiger charge is 2.24. The lowest BCUT2D eigenvalue weighted by molar-refractivity contribution is -0.151. The Balaban J connectivity index is 1.29. The first-order chi connectivity index (χ1) is 22.1. The highest BCUT2D eigenvalue weighted by molar-refractivity contribution is 7.89. The van der Waals surface area contributed by atoms with Crippen LogP contribution >= 0.6 is 0 Å². The van der Waals surface area contributed by atoms with Gasteiger partial charge < -0.3 is 20.3 Å². The largest absolute Gasteiger partial charge is 0.454 e. The molecular formula is C35H40N4O6S. The van der Waals surface area contributed by atoms with Crippen molar-refractivity contribution >= 4 is 44.3 Å². The van der Waals surface area contributed by atoms with E-state index < -0.39 is 40.5 Å². The van der Waals surface area contributed by atoms with Crippen LogP contribution in [0.25, 0.3) is 10.8 Å². The number of esters is 1. The van der Waals surface area contributed by atoms with Crippen molar-refractivity contribution in [3.63, 3.8) is 0 Å². The molecule has 0 fully saturated rings. The van der Waals surface area contributed by atoms with Crippen LogP contribution in [-0.4, -0.2) is 66.0 Å². The molecule has 46 heavy (non-hydrogen) atoms. The maximum atomic E-state index is 13.2. The summed E-state index contributed by atoms with van der Waals surface area (Å²) in [4.78, 5) is 40.2. The average molecular weight is 645 g/mol. The Morgan fingerprint density at radius 3 is 2.11 bits per heavy atom. The average Bonchev–Trinajstić information content (AvgIpc) is 3.05. The molecule has 0 aliphatic heterocycles. The molecule has 2 amide bonds. The fraction of sp³-hybridized carbons (Fsp3) is 0.286. The van der Waals surface area contributed by atoms with Crippen molar-refractivity contribution in [2.75, 3.05) is 38.7 Å². The van der Waals surface area contributed by atoms with Gasteiger partial charge in [-0.1, -0.05) is 84.9 Å². The summed E-state index contributed by atoms with van der Waals surface area (Å²) in [5.74, 6) is -1.61. The highest BCUT2D eigenvalue weighted by Crippen LogP contribution is 2.30. The molecular weight excluding hydrogens is 604 g/mol. The second kappa shape index (κ2) is 16.5. The van der Waals surface area contributed by atoms with E-state index in [0.717, 1.165) is 22.2 Å². The molecule has 0 heterocycles. The molecule has 242 valence electrons. The lowest BCUT2D eigenvalue weighted by Crippen LogP contribution is -2.44. The van der Waals surface area contributed by atoms with Gasteiger partial charge in [0.05, 0.1) is 4.90 Å². The Morgan fingerprint density at radius 2 is 1.41 bits per heavy atom. The minimum Gasteiger partial charge on any atom is -0.454 e. The summed E-state index contributed by atoms with van der Waals surface area (Å²) in [5.41, 5.74) is 2.78. The van der Waals surface area contributed by atoms with E-state index >= 15 is 0 Å². The number of fused-ring (bicyclic) bond motifs is 1. The molecule has 4 aromatic carbocycles. The van der Waals surface area contributed by atoms with Gasteiger partial charge in [0, 0.05) is 56.5 Å². The van der Waals surface area contributed by atoms with Crippen LogP contribution in [-0.2, 0) is 42.0 Å². The van der Waals surface area contributed by atoms with Crippen LogP contribution in [0.2, 0.25) is 0 Å². The van der Waals surface area contributed by atoms with Crippen LogP contribution in [0.15, 0.2) is 102 Å². The van der Waals surface area contributed by atoms with Gasteiger partial charge in [0.2, 0.25) is 15.9 Å². The zero-order valence-electron chi connectivity index (χ0n) is 26.1. The Kier molecular flexibility index (Phi) is 12.3. The number of carbonyl (C=O) groups excluding carboxylic acids is 3. The number of nitrogens with zero attached hydrogens (tertiary/aromatic N) is 1. The van der Waals surface area contributed by atoms with Gasteiger partial charge in [-0.3, -0.25) is 9.59 Å². The molecule has 0 aliphatic carbocycles. The number of benzene rings is 4. The van der Waals surface area contributed by atoms with Crippen LogP contribution in [0.4, 0.5) is 5.69 Å². The SMILES string of the molecule is CN(C)c1cccc2c(S(=O)(=O)NCCCC(=O)N[C@H](Cc3ccccc3)C(=O)OCC(=O)NCCc3ccccc3)cccc12. The van der Waals surface area contributed by atoms with Crippen molar-refractivity contribution in [1.29, 1.82) is 0 Å². The summed E-state index contributed by atoms with van der Waals surface area (Å²) in [6, 6.07) is 28.5. The molecule has 4 aromatic rings. The van der Waals surface area contributed by atoms with Gasteiger partial charge in [0.1, 0.15) is 6.04 Å². The first-order valence-electron chi connectivity index (χ1n) is 15.1. The van der Waals surface area contributed by atoms with Gasteiger partial charge in [-0.05, 0) is 36.1 Å². The Labute approximate surface area is 270 Å². The smallest absolute Gasteiger partial charge is 0.329 e. The van der Waals surface area contributed by atoms with E-state index in [9.17, 15) is 22.8 Å². The molecule has 4 rings (SSSR count). The van der Waals surface area contributed by atoms with Gasteiger partial charge in [-0.15, -0.1) is 0 Å². The topological polar surface area (TPSA) is 134 Å². The number of carbonyl (C=O) groups is 3. The van der Waals surface area contributed by atoms with E-state index in [1.807, 2.05) is 97.9 Å². The van der Waals surface area contributed by atoms with Gasteiger partial charge in [0.15, 0.2) is 6.61 Å². The van der Waals surface area contributed by atoms with E-state index in [1.54, 1.807) is 18.2 Å². The number of nitrogens with one attached hydrogen (secondary N) is 3. The van der Waals surface area contributed by atoms with Crippen molar-refractivity contribution in [2.24, 2.45) is 0 Å². The van der Waals surface area contributed by atoms with E-state index in [2.05, 4.69) is 15.4 Å². The summed E-state index contributed by atoms with van der Waals surface area (Å²) < 4.78 is 34.2. The van der Waals surface area contributed by atoms with Crippen LogP contribution in [0.3, 0.4) is 0 Å². The monoisotopic (exact) mass is 644 g/mol. The molecule has 0 unspecified atom stereocenters. The molecule has 0 aliphatic rings. The van der Waals surface area contributed by atoms with Crippen molar-refractivity contribution in [3.05, 3.63) is 108 Å². The molecule has 0 saturated heterocycles. The van der Waals surface area contributed by atoms with Crippen LogP contribution in [0, 0.1) is 0 Å². The van der Waals surface area contributed by atoms with Crippen LogP contribution in [0.5, 0.6) is 0 Å². The number of hydrogen-bond donors (Lipinski definition) is 3. The maximum absolute atomic E-state index is 13.2. The third-order valence-electron chi connectivity index (χ3n) is 7.33. The predicted molar refractivity (Wildman–Crippen MR) is 179 cm³/mol. The van der Waals surface area contributed by atoms with Gasteiger partial charge in [0.25, 0.3) is 5.91 Å². The number of amides is 2. The zero-order chi connectivity index (χ0) is 32.9. The van der Waals surface area contributed by atoms with Crippen molar-refractivity contribution in [2.45, 2.75) is 36.6 Å². The molecule has 0 radical (unpaired) electrons. The zero-order valence-corrected chi connectivity index (χ0v) is 26.9. The maximum Gasteiger partial charge on any atom is 0.329 e. The number of hydrogen-bond acceptors (Lipinski definition) is 7. The number of rotatable bonds is 16. The Bertz CT molecular complexity index is 1730. The lowest BCUT2D eigenvalue weighted by Gasteiger charge is -2.18. The van der Waals surface area contributed by atoms with Gasteiger partial charge in [-0.25, -0.2) is 17.9 Å². The van der Waals surface area contributed by atoms with Crippen LogP contribution < -0.4 is 20.3 Å². The van der Waals surface area contributed by atoms with E-state index in [4.69, 9.17) is 4.74 Å². The minimum atomic E-state index is -3.85. The van der Waals surface area contributed by atoms with Crippen molar-refractivity contribution in [3.8, 4) is 0 Å².